The van der Waals surface area contributed by atoms with Crippen LogP contribution in [0.2, 0.25) is 5.02 Å². The van der Waals surface area contributed by atoms with Gasteiger partial charge in [0.25, 0.3) is 5.91 Å². The molecule has 4 rings (SSSR count). The molecule has 1 aromatic heterocycles. The summed E-state index contributed by atoms with van der Waals surface area (Å²) >= 11 is 5.67. The second kappa shape index (κ2) is 8.34. The monoisotopic (exact) mass is 423 g/mol. The van der Waals surface area contributed by atoms with Crippen molar-refractivity contribution in [3.63, 3.8) is 0 Å². The number of benzene rings is 3. The van der Waals surface area contributed by atoms with Crippen molar-refractivity contribution in [2.75, 3.05) is 11.9 Å². The van der Waals surface area contributed by atoms with E-state index >= 15 is 0 Å². The first-order valence-corrected chi connectivity index (χ1v) is 9.34. The number of anilines is 1. The molecule has 0 spiro atoms. The van der Waals surface area contributed by atoms with E-state index in [2.05, 4.69) is 15.3 Å². The van der Waals surface area contributed by atoms with E-state index in [1.165, 1.54) is 12.1 Å². The fraction of sp³-hybridized carbons (Fsp3) is 0.0455. The highest BCUT2D eigenvalue weighted by atomic mass is 35.5. The number of carbonyl (C=O) groups excluding carboxylic acids is 2. The highest BCUT2D eigenvalue weighted by molar-refractivity contribution is 6.31. The third-order valence-corrected chi connectivity index (χ3v) is 4.59. The van der Waals surface area contributed by atoms with Gasteiger partial charge in [0.1, 0.15) is 11.6 Å². The number of halogens is 2. The van der Waals surface area contributed by atoms with Crippen molar-refractivity contribution in [3.05, 3.63) is 83.1 Å². The van der Waals surface area contributed by atoms with Gasteiger partial charge in [-0.15, -0.1) is 0 Å². The lowest BCUT2D eigenvalue weighted by Gasteiger charge is -2.07. The number of aromatic amines is 1. The van der Waals surface area contributed by atoms with Crippen LogP contribution in [0.5, 0.6) is 0 Å². The molecule has 0 atom stereocenters. The molecule has 0 unspecified atom stereocenters. The number of esters is 1. The molecule has 8 heteroatoms. The molecule has 0 saturated heterocycles. The van der Waals surface area contributed by atoms with Crippen LogP contribution in [0.25, 0.3) is 22.4 Å². The maximum atomic E-state index is 13.2. The number of hydrogen-bond donors (Lipinski definition) is 2. The second-order valence-electron chi connectivity index (χ2n) is 6.44. The maximum absolute atomic E-state index is 13.2. The molecular formula is C22H15ClFN3O3. The third kappa shape index (κ3) is 4.31. The van der Waals surface area contributed by atoms with Crippen LogP contribution in [0.1, 0.15) is 10.4 Å². The van der Waals surface area contributed by atoms with Crippen molar-refractivity contribution in [2.24, 2.45) is 0 Å². The van der Waals surface area contributed by atoms with Crippen LogP contribution >= 0.6 is 11.6 Å². The average molecular weight is 424 g/mol. The molecule has 0 aliphatic rings. The highest BCUT2D eigenvalue weighted by Gasteiger charge is 2.13. The Morgan fingerprint density at radius 1 is 1.07 bits per heavy atom. The molecule has 0 bridgehead atoms. The van der Waals surface area contributed by atoms with E-state index in [9.17, 15) is 14.0 Å². The third-order valence-electron chi connectivity index (χ3n) is 4.30. The number of nitrogens with one attached hydrogen (secondary N) is 2. The number of amides is 1. The predicted molar refractivity (Wildman–Crippen MR) is 112 cm³/mol. The topological polar surface area (TPSA) is 84.1 Å². The van der Waals surface area contributed by atoms with Gasteiger partial charge in [-0.3, -0.25) is 4.79 Å². The lowest BCUT2D eigenvalue weighted by atomic mass is 10.2. The molecule has 1 heterocycles. The number of fused-ring (bicyclic) bond motifs is 1. The summed E-state index contributed by atoms with van der Waals surface area (Å²) in [4.78, 5) is 32.0. The molecule has 0 fully saturated rings. The summed E-state index contributed by atoms with van der Waals surface area (Å²) in [5.41, 5.74) is 2.89. The molecule has 0 radical (unpaired) electrons. The minimum absolute atomic E-state index is 0.118. The summed E-state index contributed by atoms with van der Waals surface area (Å²) in [6.07, 6.45) is 0. The smallest absolute Gasteiger partial charge is 0.338 e. The van der Waals surface area contributed by atoms with Gasteiger partial charge in [-0.05, 0) is 36.4 Å². The first-order chi connectivity index (χ1) is 14.5. The van der Waals surface area contributed by atoms with Crippen LogP contribution in [-0.2, 0) is 9.53 Å². The quantitative estimate of drug-likeness (QED) is 0.451. The Balaban J connectivity index is 1.41. The summed E-state index contributed by atoms with van der Waals surface area (Å²) in [7, 11) is 0. The van der Waals surface area contributed by atoms with E-state index in [1.54, 1.807) is 18.2 Å². The van der Waals surface area contributed by atoms with Crippen molar-refractivity contribution in [3.8, 4) is 11.4 Å². The Hall–Kier alpha value is -3.71. The summed E-state index contributed by atoms with van der Waals surface area (Å²) in [6, 6.07) is 18.3. The second-order valence-corrected chi connectivity index (χ2v) is 6.84. The number of rotatable bonds is 5. The minimum Gasteiger partial charge on any atom is -0.452 e. The van der Waals surface area contributed by atoms with Crippen LogP contribution in [0.3, 0.4) is 0 Å². The predicted octanol–water partition coefficient (Wildman–Crippen LogP) is 4.82. The molecular weight excluding hydrogens is 409 g/mol. The van der Waals surface area contributed by atoms with Crippen LogP contribution in [0.15, 0.2) is 66.7 Å². The van der Waals surface area contributed by atoms with Gasteiger partial charge in [-0.1, -0.05) is 41.9 Å². The normalized spacial score (nSPS) is 10.7. The van der Waals surface area contributed by atoms with Gasteiger partial charge in [0.05, 0.1) is 21.6 Å². The average Bonchev–Trinajstić information content (AvgIpc) is 3.19. The van der Waals surface area contributed by atoms with Crippen LogP contribution in [-0.4, -0.2) is 28.5 Å². The van der Waals surface area contributed by atoms with Crippen LogP contribution < -0.4 is 5.32 Å². The lowest BCUT2D eigenvalue weighted by molar-refractivity contribution is -0.119. The van der Waals surface area contributed by atoms with Gasteiger partial charge in [0.15, 0.2) is 6.61 Å². The summed E-state index contributed by atoms with van der Waals surface area (Å²) in [5.74, 6) is -1.13. The first kappa shape index (κ1) is 19.6. The zero-order chi connectivity index (χ0) is 21.1. The number of H-pyrrole nitrogens is 1. The molecule has 0 saturated carbocycles. The van der Waals surface area contributed by atoms with Crippen molar-refractivity contribution in [1.29, 1.82) is 0 Å². The fourth-order valence-corrected chi connectivity index (χ4v) is 3.04. The van der Waals surface area contributed by atoms with Gasteiger partial charge in [-0.2, -0.15) is 0 Å². The Kier molecular flexibility index (Phi) is 5.45. The standard InChI is InChI=1S/C22H15ClFN3O3/c23-16-11-15(7-8-17(16)24)25-20(28)12-30-22(29)14-6-9-18-19(10-14)27-21(26-18)13-4-2-1-3-5-13/h1-11H,12H2,(H,25,28)(H,26,27). The molecule has 0 aliphatic carbocycles. The van der Waals surface area contributed by atoms with E-state index in [0.717, 1.165) is 11.6 Å². The van der Waals surface area contributed by atoms with Crippen molar-refractivity contribution in [1.82, 2.24) is 9.97 Å². The number of hydrogen-bond acceptors (Lipinski definition) is 4. The maximum Gasteiger partial charge on any atom is 0.338 e. The summed E-state index contributed by atoms with van der Waals surface area (Å²) < 4.78 is 18.2. The largest absolute Gasteiger partial charge is 0.452 e. The molecule has 6 nitrogen and oxygen atoms in total. The molecule has 30 heavy (non-hydrogen) atoms. The number of carbonyl (C=O) groups is 2. The van der Waals surface area contributed by atoms with Crippen molar-refractivity contribution >= 4 is 40.2 Å². The van der Waals surface area contributed by atoms with Crippen LogP contribution in [0, 0.1) is 5.82 Å². The Bertz CT molecular complexity index is 1240. The molecule has 150 valence electrons. The molecule has 3 aromatic carbocycles. The van der Waals surface area contributed by atoms with Gasteiger partial charge in [-0.25, -0.2) is 14.2 Å². The molecule has 1 amide bonds. The zero-order valence-corrected chi connectivity index (χ0v) is 16.2. The number of ether oxygens (including phenoxy) is 1. The van der Waals surface area contributed by atoms with E-state index in [-0.39, 0.29) is 10.6 Å². The molecule has 0 aliphatic heterocycles. The Morgan fingerprint density at radius 2 is 1.87 bits per heavy atom. The SMILES string of the molecule is O=C(COC(=O)c1ccc2nc(-c3ccccc3)[nH]c2c1)Nc1ccc(F)c(Cl)c1. The highest BCUT2D eigenvalue weighted by Crippen LogP contribution is 2.22. The minimum atomic E-state index is -0.653. The fourth-order valence-electron chi connectivity index (χ4n) is 2.85. The summed E-state index contributed by atoms with van der Waals surface area (Å²) in [6.45, 7) is -0.496. The number of nitrogens with zero attached hydrogens (tertiary/aromatic N) is 1. The van der Waals surface area contributed by atoms with Gasteiger partial charge < -0.3 is 15.0 Å². The molecule has 4 aromatic rings. The van der Waals surface area contributed by atoms with Gasteiger partial charge in [0.2, 0.25) is 0 Å². The first-order valence-electron chi connectivity index (χ1n) is 8.97. The van der Waals surface area contributed by atoms with Crippen molar-refractivity contribution < 1.29 is 18.7 Å². The van der Waals surface area contributed by atoms with Gasteiger partial charge in [0, 0.05) is 11.3 Å². The van der Waals surface area contributed by atoms with E-state index in [1.807, 2.05) is 30.3 Å². The number of imidazole rings is 1. The van der Waals surface area contributed by atoms with E-state index < -0.39 is 24.3 Å². The van der Waals surface area contributed by atoms with Crippen LogP contribution in [0.4, 0.5) is 10.1 Å². The summed E-state index contributed by atoms with van der Waals surface area (Å²) in [5, 5.41) is 2.37. The Morgan fingerprint density at radius 3 is 2.63 bits per heavy atom. The van der Waals surface area contributed by atoms with E-state index in [0.29, 0.717) is 22.5 Å². The molecule has 2 N–H and O–H groups in total. The van der Waals surface area contributed by atoms with Crippen molar-refractivity contribution in [2.45, 2.75) is 0 Å². The lowest BCUT2D eigenvalue weighted by Crippen LogP contribution is -2.21. The Labute approximate surface area is 175 Å². The number of aromatic nitrogens is 2. The van der Waals surface area contributed by atoms with E-state index in [4.69, 9.17) is 16.3 Å². The zero-order valence-electron chi connectivity index (χ0n) is 15.5. The van der Waals surface area contributed by atoms with Gasteiger partial charge >= 0.3 is 5.97 Å².